The average Bonchev–Trinajstić information content (AvgIpc) is 2.63. The number of rotatable bonds is 0. The first-order valence-corrected chi connectivity index (χ1v) is 5.39. The Morgan fingerprint density at radius 2 is 2.13 bits per heavy atom. The van der Waals surface area contributed by atoms with Crippen LogP contribution in [0.15, 0.2) is 6.20 Å². The highest BCUT2D eigenvalue weighted by atomic mass is 15.3. The first kappa shape index (κ1) is 8.71. The summed E-state index contributed by atoms with van der Waals surface area (Å²) in [5.74, 6) is 0. The molecule has 3 rings (SSSR count). The molecule has 2 aromatic heterocycles. The van der Waals surface area contributed by atoms with Gasteiger partial charge in [0.25, 0.3) is 0 Å². The van der Waals surface area contributed by atoms with Crippen molar-refractivity contribution in [3.63, 3.8) is 0 Å². The molecule has 1 aliphatic carbocycles. The summed E-state index contributed by atoms with van der Waals surface area (Å²) in [6.45, 7) is 1.99. The molecule has 2 heterocycles. The van der Waals surface area contributed by atoms with Crippen LogP contribution in [-0.4, -0.2) is 14.6 Å². The second kappa shape index (κ2) is 2.95. The summed E-state index contributed by atoms with van der Waals surface area (Å²) in [5, 5.41) is 4.59. The van der Waals surface area contributed by atoms with Crippen molar-refractivity contribution in [1.82, 2.24) is 14.6 Å². The molecule has 0 aromatic carbocycles. The fourth-order valence-corrected chi connectivity index (χ4v) is 2.25. The van der Waals surface area contributed by atoms with Gasteiger partial charge in [-0.15, -0.1) is 0 Å². The second-order valence-electron chi connectivity index (χ2n) is 4.17. The number of nitrogens with two attached hydrogens (primary N) is 1. The Balaban J connectivity index is 2.36. The highest BCUT2D eigenvalue weighted by molar-refractivity contribution is 5.56. The van der Waals surface area contributed by atoms with E-state index in [0.29, 0.717) is 5.69 Å². The van der Waals surface area contributed by atoms with Crippen LogP contribution in [0.4, 0.5) is 5.69 Å². The van der Waals surface area contributed by atoms with E-state index in [9.17, 15) is 0 Å². The van der Waals surface area contributed by atoms with Gasteiger partial charge in [-0.2, -0.15) is 5.10 Å². The molecule has 2 N–H and O–H groups in total. The molecule has 0 fully saturated rings. The minimum atomic E-state index is 0.711. The van der Waals surface area contributed by atoms with Crippen molar-refractivity contribution in [2.75, 3.05) is 5.73 Å². The Hall–Kier alpha value is -1.58. The third-order valence-corrected chi connectivity index (χ3v) is 3.19. The van der Waals surface area contributed by atoms with Crippen molar-refractivity contribution in [2.45, 2.75) is 32.6 Å². The van der Waals surface area contributed by atoms with Gasteiger partial charge in [-0.05, 0) is 32.6 Å². The second-order valence-corrected chi connectivity index (χ2v) is 4.17. The highest BCUT2D eigenvalue weighted by Crippen LogP contribution is 2.25. The Labute approximate surface area is 88.1 Å². The van der Waals surface area contributed by atoms with E-state index >= 15 is 0 Å². The van der Waals surface area contributed by atoms with E-state index in [1.807, 2.05) is 11.4 Å². The van der Waals surface area contributed by atoms with Crippen molar-refractivity contribution in [2.24, 2.45) is 0 Å². The van der Waals surface area contributed by atoms with E-state index in [1.54, 1.807) is 6.20 Å². The van der Waals surface area contributed by atoms with Crippen LogP contribution in [0.2, 0.25) is 0 Å². The Morgan fingerprint density at radius 3 is 3.00 bits per heavy atom. The van der Waals surface area contributed by atoms with Crippen molar-refractivity contribution in [3.8, 4) is 0 Å². The zero-order valence-electron chi connectivity index (χ0n) is 8.82. The minimum absolute atomic E-state index is 0.711. The van der Waals surface area contributed by atoms with E-state index in [-0.39, 0.29) is 0 Å². The lowest BCUT2D eigenvalue weighted by Crippen LogP contribution is -2.01. The number of nitrogens with zero attached hydrogens (tertiary/aromatic N) is 3. The standard InChI is InChI=1S/C11H14N4/c1-7-9(12)6-13-11-8-4-2-3-5-10(8)14-15(7)11/h6H,2-5,12H2,1H3. The SMILES string of the molecule is Cc1c(N)cnc2c3c(nn12)CCCC3. The van der Waals surface area contributed by atoms with Gasteiger partial charge in [0.15, 0.2) is 5.65 Å². The van der Waals surface area contributed by atoms with Crippen molar-refractivity contribution < 1.29 is 0 Å². The van der Waals surface area contributed by atoms with Crippen molar-refractivity contribution in [3.05, 3.63) is 23.1 Å². The summed E-state index contributed by atoms with van der Waals surface area (Å²) in [6, 6.07) is 0. The van der Waals surface area contributed by atoms with Gasteiger partial charge in [0.05, 0.1) is 23.3 Å². The van der Waals surface area contributed by atoms with Crippen LogP contribution < -0.4 is 5.73 Å². The van der Waals surface area contributed by atoms with Gasteiger partial charge in [-0.3, -0.25) is 0 Å². The summed E-state index contributed by atoms with van der Waals surface area (Å²) >= 11 is 0. The molecule has 0 atom stereocenters. The number of nitrogen functional groups attached to an aromatic ring is 1. The van der Waals surface area contributed by atoms with Gasteiger partial charge in [0, 0.05) is 5.56 Å². The number of hydrogen-bond acceptors (Lipinski definition) is 3. The molecule has 78 valence electrons. The number of fused-ring (bicyclic) bond motifs is 3. The Kier molecular flexibility index (Phi) is 1.71. The van der Waals surface area contributed by atoms with Crippen molar-refractivity contribution >= 4 is 11.3 Å². The molecule has 0 radical (unpaired) electrons. The Bertz CT molecular complexity index is 527. The predicted octanol–water partition coefficient (Wildman–Crippen LogP) is 1.50. The summed E-state index contributed by atoms with van der Waals surface area (Å²) in [7, 11) is 0. The van der Waals surface area contributed by atoms with Gasteiger partial charge in [-0.1, -0.05) is 0 Å². The maximum atomic E-state index is 5.82. The first-order valence-electron chi connectivity index (χ1n) is 5.39. The third kappa shape index (κ3) is 1.14. The van der Waals surface area contributed by atoms with Crippen LogP contribution in [0.3, 0.4) is 0 Å². The fourth-order valence-electron chi connectivity index (χ4n) is 2.25. The topological polar surface area (TPSA) is 56.2 Å². The van der Waals surface area contributed by atoms with Crippen molar-refractivity contribution in [1.29, 1.82) is 0 Å². The summed E-state index contributed by atoms with van der Waals surface area (Å²) in [5.41, 5.74) is 11.1. The highest BCUT2D eigenvalue weighted by Gasteiger charge is 2.18. The molecule has 0 saturated heterocycles. The molecule has 0 aliphatic heterocycles. The molecule has 15 heavy (non-hydrogen) atoms. The molecular formula is C11H14N4. The fraction of sp³-hybridized carbons (Fsp3) is 0.455. The van der Waals surface area contributed by atoms with E-state index in [4.69, 9.17) is 5.73 Å². The minimum Gasteiger partial charge on any atom is -0.396 e. The monoisotopic (exact) mass is 202 g/mol. The number of aryl methyl sites for hydroxylation is 3. The van der Waals surface area contributed by atoms with E-state index < -0.39 is 0 Å². The number of aromatic nitrogens is 3. The molecule has 0 amide bonds. The lowest BCUT2D eigenvalue weighted by atomic mass is 9.98. The van der Waals surface area contributed by atoms with E-state index in [2.05, 4.69) is 10.1 Å². The summed E-state index contributed by atoms with van der Waals surface area (Å²) in [4.78, 5) is 4.39. The number of anilines is 1. The van der Waals surface area contributed by atoms with Gasteiger partial charge in [0.2, 0.25) is 0 Å². The zero-order chi connectivity index (χ0) is 10.4. The van der Waals surface area contributed by atoms with Gasteiger partial charge in [0.1, 0.15) is 0 Å². The molecule has 1 aliphatic rings. The third-order valence-electron chi connectivity index (χ3n) is 3.19. The maximum Gasteiger partial charge on any atom is 0.158 e. The largest absolute Gasteiger partial charge is 0.396 e. The lowest BCUT2D eigenvalue weighted by Gasteiger charge is -2.07. The predicted molar refractivity (Wildman–Crippen MR) is 58.8 cm³/mol. The van der Waals surface area contributed by atoms with Crippen LogP contribution in [0.25, 0.3) is 5.65 Å². The molecule has 4 nitrogen and oxygen atoms in total. The van der Waals surface area contributed by atoms with Crippen LogP contribution in [0.1, 0.15) is 29.8 Å². The van der Waals surface area contributed by atoms with E-state index in [1.165, 1.54) is 24.1 Å². The van der Waals surface area contributed by atoms with Crippen LogP contribution in [-0.2, 0) is 12.8 Å². The smallest absolute Gasteiger partial charge is 0.158 e. The zero-order valence-corrected chi connectivity index (χ0v) is 8.82. The van der Waals surface area contributed by atoms with Gasteiger partial charge in [-0.25, -0.2) is 9.50 Å². The maximum absolute atomic E-state index is 5.82. The Morgan fingerprint density at radius 1 is 1.33 bits per heavy atom. The normalized spacial score (nSPS) is 15.5. The lowest BCUT2D eigenvalue weighted by molar-refractivity contribution is 0.672. The van der Waals surface area contributed by atoms with Gasteiger partial charge < -0.3 is 5.73 Å². The number of hydrogen-bond donors (Lipinski definition) is 1. The van der Waals surface area contributed by atoms with Crippen LogP contribution >= 0.6 is 0 Å². The van der Waals surface area contributed by atoms with Crippen LogP contribution in [0, 0.1) is 6.92 Å². The molecule has 0 bridgehead atoms. The average molecular weight is 202 g/mol. The molecule has 0 unspecified atom stereocenters. The quantitative estimate of drug-likeness (QED) is 0.704. The van der Waals surface area contributed by atoms with Crippen LogP contribution in [0.5, 0.6) is 0 Å². The molecule has 2 aromatic rings. The molecular weight excluding hydrogens is 188 g/mol. The van der Waals surface area contributed by atoms with E-state index in [0.717, 1.165) is 24.2 Å². The summed E-state index contributed by atoms with van der Waals surface area (Å²) in [6.07, 6.45) is 6.42. The molecule has 0 spiro atoms. The summed E-state index contributed by atoms with van der Waals surface area (Å²) < 4.78 is 1.89. The van der Waals surface area contributed by atoms with Gasteiger partial charge >= 0.3 is 0 Å². The first-order chi connectivity index (χ1) is 7.27. The molecule has 4 heteroatoms. The molecule has 0 saturated carbocycles.